The summed E-state index contributed by atoms with van der Waals surface area (Å²) in [4.78, 5) is 15.0. The fourth-order valence-corrected chi connectivity index (χ4v) is 0.946. The van der Waals surface area contributed by atoms with Crippen molar-refractivity contribution >= 4 is 5.91 Å². The van der Waals surface area contributed by atoms with Crippen molar-refractivity contribution < 1.29 is 14.4 Å². The highest BCUT2D eigenvalue weighted by Gasteiger charge is 2.06. The summed E-state index contributed by atoms with van der Waals surface area (Å²) in [7, 11) is 0. The van der Waals surface area contributed by atoms with Crippen molar-refractivity contribution in [2.45, 2.75) is 19.8 Å². The first-order valence-corrected chi connectivity index (χ1v) is 4.39. The zero-order chi connectivity index (χ0) is 10.4. The van der Waals surface area contributed by atoms with Crippen LogP contribution in [0.5, 0.6) is 0 Å². The Labute approximate surface area is 81.3 Å². The van der Waals surface area contributed by atoms with E-state index in [1.54, 1.807) is 6.92 Å². The number of aromatic nitrogens is 2. The standard InChI is InChI=1S/C8H13N3O3/c1-6-10-8(14-11-6)3-2-7(13)9-4-5-12/h12H,2-5H2,1H3,(H,9,13). The fourth-order valence-electron chi connectivity index (χ4n) is 0.946. The molecule has 2 N–H and O–H groups in total. The summed E-state index contributed by atoms with van der Waals surface area (Å²) in [6.07, 6.45) is 0.722. The first-order valence-electron chi connectivity index (χ1n) is 4.39. The van der Waals surface area contributed by atoms with E-state index in [0.29, 0.717) is 24.6 Å². The number of carbonyl (C=O) groups excluding carboxylic acids is 1. The van der Waals surface area contributed by atoms with Gasteiger partial charge in [-0.3, -0.25) is 4.79 Å². The van der Waals surface area contributed by atoms with Crippen LogP contribution in [0.2, 0.25) is 0 Å². The second-order valence-corrected chi connectivity index (χ2v) is 2.81. The SMILES string of the molecule is Cc1noc(CCC(=O)NCCO)n1. The van der Waals surface area contributed by atoms with E-state index in [-0.39, 0.29) is 19.1 Å². The van der Waals surface area contributed by atoms with Crippen molar-refractivity contribution in [2.75, 3.05) is 13.2 Å². The van der Waals surface area contributed by atoms with Crippen LogP contribution in [0.15, 0.2) is 4.52 Å². The Morgan fingerprint density at radius 1 is 1.64 bits per heavy atom. The molecule has 0 fully saturated rings. The predicted octanol–water partition coefficient (Wildman–Crippen LogP) is -0.581. The zero-order valence-electron chi connectivity index (χ0n) is 7.99. The van der Waals surface area contributed by atoms with Crippen molar-refractivity contribution in [3.05, 3.63) is 11.7 Å². The van der Waals surface area contributed by atoms with Gasteiger partial charge in [0.1, 0.15) is 0 Å². The molecule has 1 aromatic heterocycles. The summed E-state index contributed by atoms with van der Waals surface area (Å²) < 4.78 is 4.83. The van der Waals surface area contributed by atoms with Gasteiger partial charge in [0, 0.05) is 19.4 Å². The monoisotopic (exact) mass is 199 g/mol. The van der Waals surface area contributed by atoms with E-state index in [9.17, 15) is 4.79 Å². The Morgan fingerprint density at radius 2 is 2.43 bits per heavy atom. The van der Waals surface area contributed by atoms with E-state index in [4.69, 9.17) is 9.63 Å². The van der Waals surface area contributed by atoms with Gasteiger partial charge in [0.25, 0.3) is 0 Å². The van der Waals surface area contributed by atoms with Crippen LogP contribution in [0, 0.1) is 6.92 Å². The fraction of sp³-hybridized carbons (Fsp3) is 0.625. The zero-order valence-corrected chi connectivity index (χ0v) is 7.99. The first-order chi connectivity index (χ1) is 6.72. The van der Waals surface area contributed by atoms with E-state index in [0.717, 1.165) is 0 Å². The number of amides is 1. The third-order valence-corrected chi connectivity index (χ3v) is 1.57. The number of nitrogens with zero attached hydrogens (tertiary/aromatic N) is 2. The van der Waals surface area contributed by atoms with Crippen molar-refractivity contribution in [3.63, 3.8) is 0 Å². The summed E-state index contributed by atoms with van der Waals surface area (Å²) in [5.74, 6) is 0.896. The summed E-state index contributed by atoms with van der Waals surface area (Å²) in [5.41, 5.74) is 0. The van der Waals surface area contributed by atoms with E-state index < -0.39 is 0 Å². The number of aliphatic hydroxyl groups excluding tert-OH is 1. The first kappa shape index (κ1) is 10.6. The van der Waals surface area contributed by atoms with Crippen molar-refractivity contribution in [2.24, 2.45) is 0 Å². The largest absolute Gasteiger partial charge is 0.395 e. The average molecular weight is 199 g/mol. The number of carbonyl (C=O) groups is 1. The van der Waals surface area contributed by atoms with Gasteiger partial charge >= 0.3 is 0 Å². The molecule has 6 nitrogen and oxygen atoms in total. The van der Waals surface area contributed by atoms with Crippen LogP contribution < -0.4 is 5.32 Å². The van der Waals surface area contributed by atoms with Gasteiger partial charge in [-0.2, -0.15) is 4.98 Å². The van der Waals surface area contributed by atoms with Crippen LogP contribution in [0.4, 0.5) is 0 Å². The highest BCUT2D eigenvalue weighted by atomic mass is 16.5. The molecule has 0 aliphatic rings. The van der Waals surface area contributed by atoms with Crippen molar-refractivity contribution in [3.8, 4) is 0 Å². The maximum Gasteiger partial charge on any atom is 0.227 e. The number of aliphatic hydroxyl groups is 1. The molecule has 0 spiro atoms. The van der Waals surface area contributed by atoms with Crippen molar-refractivity contribution in [1.29, 1.82) is 0 Å². The minimum atomic E-state index is -0.130. The normalized spacial score (nSPS) is 10.1. The molecule has 1 rings (SSSR count). The highest BCUT2D eigenvalue weighted by Crippen LogP contribution is 1.99. The number of rotatable bonds is 5. The Bertz CT molecular complexity index is 298. The Hall–Kier alpha value is -1.43. The van der Waals surface area contributed by atoms with Gasteiger partial charge < -0.3 is 14.9 Å². The molecule has 1 heterocycles. The molecule has 0 radical (unpaired) electrons. The van der Waals surface area contributed by atoms with E-state index in [2.05, 4.69) is 15.5 Å². The van der Waals surface area contributed by atoms with Gasteiger partial charge in [0.05, 0.1) is 6.61 Å². The van der Waals surface area contributed by atoms with Gasteiger partial charge in [-0.05, 0) is 6.92 Å². The number of hydrogen-bond donors (Lipinski definition) is 2. The lowest BCUT2D eigenvalue weighted by atomic mass is 10.3. The van der Waals surface area contributed by atoms with E-state index in [1.807, 2.05) is 0 Å². The third kappa shape index (κ3) is 3.53. The number of hydrogen-bond acceptors (Lipinski definition) is 5. The molecule has 0 saturated carbocycles. The summed E-state index contributed by atoms with van der Waals surface area (Å²) in [6, 6.07) is 0. The van der Waals surface area contributed by atoms with Gasteiger partial charge in [0.2, 0.25) is 11.8 Å². The van der Waals surface area contributed by atoms with Crippen LogP contribution >= 0.6 is 0 Å². The van der Waals surface area contributed by atoms with Crippen LogP contribution in [-0.2, 0) is 11.2 Å². The lowest BCUT2D eigenvalue weighted by Crippen LogP contribution is -2.26. The minimum absolute atomic E-state index is 0.0502. The van der Waals surface area contributed by atoms with Crippen LogP contribution in [0.25, 0.3) is 0 Å². The average Bonchev–Trinajstić information content (AvgIpc) is 2.58. The molecule has 6 heteroatoms. The molecule has 1 amide bonds. The number of nitrogens with one attached hydrogen (secondary N) is 1. The molecule has 0 aliphatic heterocycles. The molecule has 0 bridgehead atoms. The van der Waals surface area contributed by atoms with Crippen LogP contribution in [-0.4, -0.2) is 34.3 Å². The van der Waals surface area contributed by atoms with Crippen LogP contribution in [0.3, 0.4) is 0 Å². The molecule has 0 atom stereocenters. The van der Waals surface area contributed by atoms with E-state index >= 15 is 0 Å². The second kappa shape index (κ2) is 5.33. The Kier molecular flexibility index (Phi) is 4.06. The van der Waals surface area contributed by atoms with E-state index in [1.165, 1.54) is 0 Å². The van der Waals surface area contributed by atoms with Gasteiger partial charge in [-0.25, -0.2) is 0 Å². The predicted molar refractivity (Wildman–Crippen MR) is 47.5 cm³/mol. The minimum Gasteiger partial charge on any atom is -0.395 e. The van der Waals surface area contributed by atoms with Crippen LogP contribution in [0.1, 0.15) is 18.1 Å². The topological polar surface area (TPSA) is 88.2 Å². The molecule has 1 aromatic rings. The molecule has 0 aromatic carbocycles. The molecule has 0 saturated heterocycles. The molecule has 78 valence electrons. The molecule has 14 heavy (non-hydrogen) atoms. The van der Waals surface area contributed by atoms with Gasteiger partial charge in [-0.15, -0.1) is 0 Å². The van der Waals surface area contributed by atoms with Crippen molar-refractivity contribution in [1.82, 2.24) is 15.5 Å². The molecular formula is C8H13N3O3. The smallest absolute Gasteiger partial charge is 0.227 e. The summed E-state index contributed by atoms with van der Waals surface area (Å²) in [6.45, 7) is 1.95. The maximum absolute atomic E-state index is 11.1. The summed E-state index contributed by atoms with van der Waals surface area (Å²) in [5, 5.41) is 14.6. The number of aryl methyl sites for hydroxylation is 2. The summed E-state index contributed by atoms with van der Waals surface area (Å²) >= 11 is 0. The lowest BCUT2D eigenvalue weighted by molar-refractivity contribution is -0.121. The molecular weight excluding hydrogens is 186 g/mol. The second-order valence-electron chi connectivity index (χ2n) is 2.81. The molecule has 0 aliphatic carbocycles. The molecule has 0 unspecified atom stereocenters. The lowest BCUT2D eigenvalue weighted by Gasteiger charge is -1.99. The maximum atomic E-state index is 11.1. The van der Waals surface area contributed by atoms with Gasteiger partial charge in [-0.1, -0.05) is 5.16 Å². The highest BCUT2D eigenvalue weighted by molar-refractivity contribution is 5.75. The quantitative estimate of drug-likeness (QED) is 0.662. The third-order valence-electron chi connectivity index (χ3n) is 1.57. The Balaban J connectivity index is 2.23. The Morgan fingerprint density at radius 3 is 3.00 bits per heavy atom. The van der Waals surface area contributed by atoms with Gasteiger partial charge in [0.15, 0.2) is 5.82 Å².